The summed E-state index contributed by atoms with van der Waals surface area (Å²) in [5, 5.41) is 6.34. The van der Waals surface area contributed by atoms with Crippen LogP contribution in [-0.2, 0) is 4.79 Å². The van der Waals surface area contributed by atoms with Crippen LogP contribution in [0.4, 0.5) is 21.9 Å². The average Bonchev–Trinajstić information content (AvgIpc) is 2.66. The maximum atomic E-state index is 12.5. The summed E-state index contributed by atoms with van der Waals surface area (Å²) < 4.78 is 0. The molecular weight excluding hydrogens is 364 g/mol. The van der Waals surface area contributed by atoms with Gasteiger partial charge < -0.3 is 20.4 Å². The van der Waals surface area contributed by atoms with Crippen LogP contribution in [0.2, 0.25) is 5.02 Å². The van der Waals surface area contributed by atoms with E-state index in [1.54, 1.807) is 0 Å². The molecule has 0 atom stereocenters. The predicted octanol–water partition coefficient (Wildman–Crippen LogP) is 3.96. The van der Waals surface area contributed by atoms with Crippen molar-refractivity contribution in [3.05, 3.63) is 53.1 Å². The van der Waals surface area contributed by atoms with Crippen molar-refractivity contribution in [1.29, 1.82) is 0 Å². The van der Waals surface area contributed by atoms with Crippen LogP contribution in [0, 0.1) is 6.92 Å². The van der Waals surface area contributed by atoms with Crippen LogP contribution < -0.4 is 15.5 Å². The van der Waals surface area contributed by atoms with Crippen LogP contribution in [-0.4, -0.2) is 43.0 Å². The lowest BCUT2D eigenvalue weighted by molar-refractivity contribution is -0.114. The highest BCUT2D eigenvalue weighted by Crippen LogP contribution is 2.24. The second-order valence-electron chi connectivity index (χ2n) is 6.54. The normalized spacial score (nSPS) is 14.0. The number of carbonyl (C=O) groups is 2. The van der Waals surface area contributed by atoms with Gasteiger partial charge in [0.25, 0.3) is 0 Å². The van der Waals surface area contributed by atoms with Crippen molar-refractivity contribution in [2.75, 3.05) is 41.7 Å². The first-order chi connectivity index (χ1) is 12.9. The van der Waals surface area contributed by atoms with E-state index < -0.39 is 0 Å². The fourth-order valence-electron chi connectivity index (χ4n) is 3.06. The van der Waals surface area contributed by atoms with Gasteiger partial charge in [-0.2, -0.15) is 0 Å². The van der Waals surface area contributed by atoms with Gasteiger partial charge in [-0.1, -0.05) is 17.7 Å². The minimum Gasteiger partial charge on any atom is -0.368 e. The summed E-state index contributed by atoms with van der Waals surface area (Å²) in [6.45, 7) is 6.16. The fourth-order valence-corrected chi connectivity index (χ4v) is 3.24. The lowest BCUT2D eigenvalue weighted by Gasteiger charge is -2.36. The molecule has 0 aromatic heterocycles. The molecule has 0 saturated carbocycles. The topological polar surface area (TPSA) is 64.7 Å². The van der Waals surface area contributed by atoms with Crippen molar-refractivity contribution >= 4 is 40.6 Å². The van der Waals surface area contributed by atoms with Gasteiger partial charge in [-0.05, 0) is 48.9 Å². The number of benzene rings is 2. The maximum Gasteiger partial charge on any atom is 0.321 e. The zero-order valence-electron chi connectivity index (χ0n) is 15.5. The van der Waals surface area contributed by atoms with E-state index in [1.807, 2.05) is 54.3 Å². The van der Waals surface area contributed by atoms with E-state index in [4.69, 9.17) is 11.6 Å². The number of amides is 3. The number of nitrogens with one attached hydrogen (secondary N) is 2. The molecule has 2 aromatic carbocycles. The standard InChI is InChI=1S/C20H23ClN4O2/c1-14-18(21)4-3-5-19(14)23-20(27)25-12-10-24(11-13-25)17-8-6-16(7-9-17)22-15(2)26/h3-9H,10-13H2,1-2H3,(H,22,26)(H,23,27). The Labute approximate surface area is 164 Å². The van der Waals surface area contributed by atoms with E-state index in [1.165, 1.54) is 6.92 Å². The third-order valence-electron chi connectivity index (χ3n) is 4.63. The van der Waals surface area contributed by atoms with Crippen LogP contribution in [0.15, 0.2) is 42.5 Å². The molecule has 2 aromatic rings. The Hall–Kier alpha value is -2.73. The number of hydrogen-bond acceptors (Lipinski definition) is 3. The number of hydrogen-bond donors (Lipinski definition) is 2. The van der Waals surface area contributed by atoms with Gasteiger partial charge in [0.1, 0.15) is 0 Å². The lowest BCUT2D eigenvalue weighted by Crippen LogP contribution is -2.50. The molecule has 1 fully saturated rings. The minimum atomic E-state index is -0.110. The molecule has 0 aliphatic carbocycles. The number of anilines is 3. The Balaban J connectivity index is 1.56. The van der Waals surface area contributed by atoms with Crippen molar-refractivity contribution in [3.63, 3.8) is 0 Å². The van der Waals surface area contributed by atoms with Gasteiger partial charge >= 0.3 is 6.03 Å². The Kier molecular flexibility index (Phi) is 5.86. The summed E-state index contributed by atoms with van der Waals surface area (Å²) in [6.07, 6.45) is 0. The molecule has 3 amide bonds. The molecule has 0 spiro atoms. The molecule has 1 aliphatic heterocycles. The smallest absolute Gasteiger partial charge is 0.321 e. The summed E-state index contributed by atoms with van der Waals surface area (Å²) >= 11 is 6.11. The molecule has 0 unspecified atom stereocenters. The van der Waals surface area contributed by atoms with Crippen LogP contribution in [0.5, 0.6) is 0 Å². The Bertz CT molecular complexity index is 830. The summed E-state index contributed by atoms with van der Waals surface area (Å²) in [6, 6.07) is 13.1. The zero-order chi connectivity index (χ0) is 19.4. The third-order valence-corrected chi connectivity index (χ3v) is 5.04. The van der Waals surface area contributed by atoms with E-state index in [-0.39, 0.29) is 11.9 Å². The predicted molar refractivity (Wildman–Crippen MR) is 110 cm³/mol. The fraction of sp³-hybridized carbons (Fsp3) is 0.300. The summed E-state index contributed by atoms with van der Waals surface area (Å²) in [4.78, 5) is 27.7. The van der Waals surface area contributed by atoms with Crippen molar-refractivity contribution in [1.82, 2.24) is 4.90 Å². The van der Waals surface area contributed by atoms with Gasteiger partial charge in [-0.3, -0.25) is 4.79 Å². The molecule has 1 heterocycles. The van der Waals surface area contributed by atoms with Crippen LogP contribution in [0.1, 0.15) is 12.5 Å². The van der Waals surface area contributed by atoms with E-state index in [2.05, 4.69) is 15.5 Å². The first-order valence-electron chi connectivity index (χ1n) is 8.87. The Morgan fingerprint density at radius 1 is 0.963 bits per heavy atom. The number of rotatable bonds is 3. The van der Waals surface area contributed by atoms with E-state index >= 15 is 0 Å². The monoisotopic (exact) mass is 386 g/mol. The highest BCUT2D eigenvalue weighted by atomic mass is 35.5. The minimum absolute atomic E-state index is 0.0858. The van der Waals surface area contributed by atoms with Gasteiger partial charge in [0.2, 0.25) is 5.91 Å². The van der Waals surface area contributed by atoms with Crippen molar-refractivity contribution in [2.24, 2.45) is 0 Å². The van der Waals surface area contributed by atoms with Gasteiger partial charge in [-0.25, -0.2) is 4.79 Å². The lowest BCUT2D eigenvalue weighted by atomic mass is 10.2. The van der Waals surface area contributed by atoms with Crippen molar-refractivity contribution < 1.29 is 9.59 Å². The molecule has 142 valence electrons. The zero-order valence-corrected chi connectivity index (χ0v) is 16.2. The second-order valence-corrected chi connectivity index (χ2v) is 6.95. The number of carbonyl (C=O) groups excluding carboxylic acids is 2. The number of urea groups is 1. The molecule has 2 N–H and O–H groups in total. The van der Waals surface area contributed by atoms with Crippen LogP contribution >= 0.6 is 11.6 Å². The molecule has 7 heteroatoms. The van der Waals surface area contributed by atoms with Crippen LogP contribution in [0.25, 0.3) is 0 Å². The first-order valence-corrected chi connectivity index (χ1v) is 9.25. The molecule has 1 saturated heterocycles. The molecule has 3 rings (SSSR count). The van der Waals surface area contributed by atoms with Crippen molar-refractivity contribution in [2.45, 2.75) is 13.8 Å². The molecule has 27 heavy (non-hydrogen) atoms. The van der Waals surface area contributed by atoms with Gasteiger partial charge in [0.15, 0.2) is 0 Å². The number of halogens is 1. The van der Waals surface area contributed by atoms with E-state index in [0.717, 1.165) is 35.7 Å². The Morgan fingerprint density at radius 2 is 1.63 bits per heavy atom. The molecule has 0 bridgehead atoms. The average molecular weight is 387 g/mol. The quantitative estimate of drug-likeness (QED) is 0.839. The third kappa shape index (κ3) is 4.71. The highest BCUT2D eigenvalue weighted by molar-refractivity contribution is 6.31. The highest BCUT2D eigenvalue weighted by Gasteiger charge is 2.22. The van der Waals surface area contributed by atoms with E-state index in [0.29, 0.717) is 18.1 Å². The van der Waals surface area contributed by atoms with E-state index in [9.17, 15) is 9.59 Å². The van der Waals surface area contributed by atoms with Gasteiger partial charge in [0, 0.05) is 55.2 Å². The summed E-state index contributed by atoms with van der Waals surface area (Å²) in [7, 11) is 0. The maximum absolute atomic E-state index is 12.5. The van der Waals surface area contributed by atoms with Gasteiger partial charge in [-0.15, -0.1) is 0 Å². The molecular formula is C20H23ClN4O2. The first kappa shape index (κ1) is 19.0. The largest absolute Gasteiger partial charge is 0.368 e. The number of nitrogens with zero attached hydrogens (tertiary/aromatic N) is 2. The second kappa shape index (κ2) is 8.31. The van der Waals surface area contributed by atoms with Crippen LogP contribution in [0.3, 0.4) is 0 Å². The Morgan fingerprint density at radius 3 is 2.26 bits per heavy atom. The summed E-state index contributed by atoms with van der Waals surface area (Å²) in [5.74, 6) is -0.0858. The SMILES string of the molecule is CC(=O)Nc1ccc(N2CCN(C(=O)Nc3cccc(Cl)c3C)CC2)cc1. The molecule has 6 nitrogen and oxygen atoms in total. The number of piperazine rings is 1. The summed E-state index contributed by atoms with van der Waals surface area (Å²) in [5.41, 5.74) is 3.46. The molecule has 0 radical (unpaired) electrons. The van der Waals surface area contributed by atoms with Crippen molar-refractivity contribution in [3.8, 4) is 0 Å². The molecule has 1 aliphatic rings. The van der Waals surface area contributed by atoms with Gasteiger partial charge in [0.05, 0.1) is 0 Å².